The summed E-state index contributed by atoms with van der Waals surface area (Å²) in [5, 5.41) is 19.4. The minimum Gasteiger partial charge on any atom is -0.490 e. The number of carbonyl (C=O) groups excluding carboxylic acids is 2. The van der Waals surface area contributed by atoms with Gasteiger partial charge in [-0.05, 0) is 62.8 Å². The Balaban J connectivity index is 1.82. The fourth-order valence-corrected chi connectivity index (χ4v) is 3.46. The van der Waals surface area contributed by atoms with E-state index in [-0.39, 0.29) is 17.1 Å². The Morgan fingerprint density at radius 1 is 0.973 bits per heavy atom. The van der Waals surface area contributed by atoms with Gasteiger partial charge in [-0.1, -0.05) is 36.4 Å². The van der Waals surface area contributed by atoms with E-state index in [1.54, 1.807) is 30.3 Å². The highest BCUT2D eigenvalue weighted by Gasteiger charge is 2.24. The maximum absolute atomic E-state index is 13.2. The van der Waals surface area contributed by atoms with Gasteiger partial charge in [-0.3, -0.25) is 14.9 Å². The summed E-state index contributed by atoms with van der Waals surface area (Å²) in [7, 11) is 3.77. The first-order chi connectivity index (χ1) is 17.6. The topological polar surface area (TPSA) is 126 Å². The highest BCUT2D eigenvalue weighted by molar-refractivity contribution is 6.00. The number of rotatable bonds is 10. The van der Waals surface area contributed by atoms with Crippen LogP contribution >= 0.6 is 0 Å². The van der Waals surface area contributed by atoms with Gasteiger partial charge in [0.1, 0.15) is 18.4 Å². The third-order valence-electron chi connectivity index (χ3n) is 5.66. The summed E-state index contributed by atoms with van der Waals surface area (Å²) in [6, 6.07) is 16.6. The van der Waals surface area contributed by atoms with Crippen molar-refractivity contribution in [2.24, 2.45) is 0 Å². The molecule has 0 saturated carbocycles. The Morgan fingerprint density at radius 2 is 1.70 bits per heavy atom. The van der Waals surface area contributed by atoms with Crippen LogP contribution in [0.2, 0.25) is 0 Å². The maximum atomic E-state index is 13.2. The lowest BCUT2D eigenvalue weighted by Gasteiger charge is -2.20. The molecule has 0 saturated heterocycles. The first kappa shape index (κ1) is 27.2. The number of nitrogens with one attached hydrogen (secondary N) is 3. The van der Waals surface area contributed by atoms with Crippen LogP contribution in [0.3, 0.4) is 0 Å². The number of nitro benzene ring substituents is 1. The van der Waals surface area contributed by atoms with Crippen molar-refractivity contribution in [1.82, 2.24) is 10.2 Å². The molecule has 1 atom stereocenters. The summed E-state index contributed by atoms with van der Waals surface area (Å²) in [5.74, 6) is -0.162. The number of hydrogen-bond acceptors (Lipinski definition) is 6. The van der Waals surface area contributed by atoms with Gasteiger partial charge in [0.2, 0.25) is 0 Å². The summed E-state index contributed by atoms with van der Waals surface area (Å²) in [5.41, 5.74) is 3.20. The fraction of sp³-hybridized carbons (Fsp3) is 0.259. The number of benzene rings is 3. The molecule has 0 aliphatic heterocycles. The summed E-state index contributed by atoms with van der Waals surface area (Å²) < 4.78 is 5.73. The molecule has 3 rings (SSSR count). The van der Waals surface area contributed by atoms with E-state index >= 15 is 0 Å². The molecule has 1 unspecified atom stereocenters. The number of aryl methyl sites for hydroxylation is 2. The molecule has 10 nitrogen and oxygen atoms in total. The van der Waals surface area contributed by atoms with E-state index in [9.17, 15) is 19.7 Å². The van der Waals surface area contributed by atoms with Gasteiger partial charge in [0.25, 0.3) is 11.6 Å². The number of likely N-dealkylation sites (N-methyl/N-ethyl adjacent to an activating group) is 1. The van der Waals surface area contributed by atoms with E-state index in [2.05, 4.69) is 16.0 Å². The molecule has 37 heavy (non-hydrogen) atoms. The molecule has 3 aromatic carbocycles. The first-order valence-corrected chi connectivity index (χ1v) is 11.7. The Morgan fingerprint density at radius 3 is 2.35 bits per heavy atom. The normalized spacial score (nSPS) is 11.5. The third-order valence-corrected chi connectivity index (χ3v) is 5.66. The van der Waals surface area contributed by atoms with Crippen molar-refractivity contribution < 1.29 is 19.2 Å². The predicted molar refractivity (Wildman–Crippen MR) is 143 cm³/mol. The van der Waals surface area contributed by atoms with E-state index in [1.807, 2.05) is 51.0 Å². The predicted octanol–water partition coefficient (Wildman–Crippen LogP) is 4.65. The average Bonchev–Trinajstić information content (AvgIpc) is 2.85. The molecular weight excluding hydrogens is 474 g/mol. The molecule has 0 spiro atoms. The quantitative estimate of drug-likeness (QED) is 0.272. The van der Waals surface area contributed by atoms with Crippen LogP contribution in [0, 0.1) is 24.0 Å². The molecule has 0 radical (unpaired) electrons. The Bertz CT molecular complexity index is 1260. The van der Waals surface area contributed by atoms with E-state index in [0.29, 0.717) is 24.4 Å². The minimum atomic E-state index is -1.03. The molecule has 3 N–H and O–H groups in total. The van der Waals surface area contributed by atoms with Crippen molar-refractivity contribution in [2.45, 2.75) is 19.9 Å². The van der Waals surface area contributed by atoms with Gasteiger partial charge in [-0.2, -0.15) is 0 Å². The van der Waals surface area contributed by atoms with Gasteiger partial charge < -0.3 is 25.6 Å². The number of ether oxygens (including phenoxy) is 1. The number of non-ortho nitro benzene ring substituents is 1. The summed E-state index contributed by atoms with van der Waals surface area (Å²) in [4.78, 5) is 38.9. The maximum Gasteiger partial charge on any atom is 0.320 e. The zero-order valence-electron chi connectivity index (χ0n) is 21.3. The van der Waals surface area contributed by atoms with Crippen LogP contribution < -0.4 is 20.7 Å². The van der Waals surface area contributed by atoms with Gasteiger partial charge in [-0.25, -0.2) is 4.79 Å². The molecule has 0 heterocycles. The summed E-state index contributed by atoms with van der Waals surface area (Å²) >= 11 is 0. The largest absolute Gasteiger partial charge is 0.490 e. The smallest absolute Gasteiger partial charge is 0.320 e. The number of amides is 3. The van der Waals surface area contributed by atoms with E-state index in [0.717, 1.165) is 11.1 Å². The standard InChI is InChI=1S/C27H31N5O5/c1-18-10-11-21(16-19(18)2)28-26(33)25(20-8-6-5-7-9-20)30-27(34)29-23-17-22(32(35)36)12-13-24(23)37-15-14-31(3)4/h5-13,16-17,25H,14-15H2,1-4H3,(H,28,33)(H2,29,30,34). The number of hydrogen-bond donors (Lipinski definition) is 3. The average molecular weight is 506 g/mol. The number of anilines is 2. The van der Waals surface area contributed by atoms with Crippen LogP contribution in [0.1, 0.15) is 22.7 Å². The Kier molecular flexibility index (Phi) is 9.17. The van der Waals surface area contributed by atoms with Gasteiger partial charge in [0.15, 0.2) is 0 Å². The molecular formula is C27H31N5O5. The number of nitro groups is 1. The van der Waals surface area contributed by atoms with Gasteiger partial charge >= 0.3 is 6.03 Å². The van der Waals surface area contributed by atoms with Crippen LogP contribution in [-0.2, 0) is 4.79 Å². The Labute approximate surface area is 215 Å². The second kappa shape index (κ2) is 12.5. The van der Waals surface area contributed by atoms with E-state index in [4.69, 9.17) is 4.74 Å². The number of carbonyl (C=O) groups is 2. The van der Waals surface area contributed by atoms with Crippen molar-refractivity contribution in [1.29, 1.82) is 0 Å². The monoisotopic (exact) mass is 505 g/mol. The molecule has 0 bridgehead atoms. The third kappa shape index (κ3) is 7.77. The molecule has 0 aliphatic carbocycles. The SMILES string of the molecule is Cc1ccc(NC(=O)C(NC(=O)Nc2cc([N+](=O)[O-])ccc2OCCN(C)C)c2ccccc2)cc1C. The Hall–Kier alpha value is -4.44. The molecule has 3 aromatic rings. The lowest BCUT2D eigenvalue weighted by molar-refractivity contribution is -0.384. The van der Waals surface area contributed by atoms with Gasteiger partial charge in [0.05, 0.1) is 10.6 Å². The van der Waals surface area contributed by atoms with Crippen molar-refractivity contribution >= 4 is 29.0 Å². The first-order valence-electron chi connectivity index (χ1n) is 11.7. The second-order valence-corrected chi connectivity index (χ2v) is 8.82. The molecule has 10 heteroatoms. The summed E-state index contributed by atoms with van der Waals surface area (Å²) in [6.07, 6.45) is 0. The zero-order chi connectivity index (χ0) is 26.9. The van der Waals surface area contributed by atoms with E-state index in [1.165, 1.54) is 18.2 Å². The lowest BCUT2D eigenvalue weighted by atomic mass is 10.1. The van der Waals surface area contributed by atoms with Crippen molar-refractivity contribution in [2.75, 3.05) is 37.9 Å². The van der Waals surface area contributed by atoms with Crippen molar-refractivity contribution in [3.8, 4) is 5.75 Å². The number of nitrogens with zero attached hydrogens (tertiary/aromatic N) is 2. The second-order valence-electron chi connectivity index (χ2n) is 8.82. The van der Waals surface area contributed by atoms with Crippen LogP contribution in [0.15, 0.2) is 66.7 Å². The van der Waals surface area contributed by atoms with Crippen LogP contribution in [0.4, 0.5) is 21.9 Å². The minimum absolute atomic E-state index is 0.117. The molecule has 0 fully saturated rings. The van der Waals surface area contributed by atoms with Crippen LogP contribution in [0.25, 0.3) is 0 Å². The molecule has 3 amide bonds. The highest BCUT2D eigenvalue weighted by atomic mass is 16.6. The highest BCUT2D eigenvalue weighted by Crippen LogP contribution is 2.29. The fourth-order valence-electron chi connectivity index (χ4n) is 3.46. The van der Waals surface area contributed by atoms with Crippen LogP contribution in [-0.4, -0.2) is 49.0 Å². The van der Waals surface area contributed by atoms with E-state index < -0.39 is 22.9 Å². The molecule has 0 aliphatic rings. The zero-order valence-corrected chi connectivity index (χ0v) is 21.3. The number of urea groups is 1. The van der Waals surface area contributed by atoms with Crippen molar-refractivity contribution in [3.63, 3.8) is 0 Å². The lowest BCUT2D eigenvalue weighted by Crippen LogP contribution is -2.39. The van der Waals surface area contributed by atoms with Gasteiger partial charge in [-0.15, -0.1) is 0 Å². The summed E-state index contributed by atoms with van der Waals surface area (Å²) in [6.45, 7) is 4.85. The molecule has 0 aromatic heterocycles. The molecule has 194 valence electrons. The van der Waals surface area contributed by atoms with Crippen LogP contribution in [0.5, 0.6) is 5.75 Å². The van der Waals surface area contributed by atoms with Gasteiger partial charge in [0, 0.05) is 24.4 Å². The van der Waals surface area contributed by atoms with Crippen molar-refractivity contribution in [3.05, 3.63) is 93.5 Å².